The van der Waals surface area contributed by atoms with E-state index in [1.54, 1.807) is 36.4 Å². The molecule has 2 heterocycles. The molecule has 9 heteroatoms. The van der Waals surface area contributed by atoms with Crippen LogP contribution >= 0.6 is 0 Å². The van der Waals surface area contributed by atoms with Crippen LogP contribution in [0.4, 0.5) is 0 Å². The first-order valence-corrected chi connectivity index (χ1v) is 10.1. The van der Waals surface area contributed by atoms with Gasteiger partial charge in [0.05, 0.1) is 43.6 Å². The van der Waals surface area contributed by atoms with Gasteiger partial charge in [0.15, 0.2) is 6.54 Å². The number of hydrogen-bond donors (Lipinski definition) is 2. The van der Waals surface area contributed by atoms with E-state index in [0.29, 0.717) is 36.8 Å². The summed E-state index contributed by atoms with van der Waals surface area (Å²) in [6.45, 7) is 4.07. The summed E-state index contributed by atoms with van der Waals surface area (Å²) in [5, 5.41) is 3.84. The highest BCUT2D eigenvalue weighted by atomic mass is 32.2. The average Bonchev–Trinajstić information content (AvgIpc) is 3.16. The van der Waals surface area contributed by atoms with Crippen LogP contribution in [-0.4, -0.2) is 57.6 Å². The molecule has 0 unspecified atom stereocenters. The highest BCUT2D eigenvalue weighted by Crippen LogP contribution is 2.16. The monoisotopic (exact) mass is 391 g/mol. The van der Waals surface area contributed by atoms with Crippen molar-refractivity contribution >= 4 is 22.1 Å². The fraction of sp³-hybridized carbons (Fsp3) is 0.333. The van der Waals surface area contributed by atoms with Crippen molar-refractivity contribution in [3.63, 3.8) is 0 Å². The molecule has 2 aromatic rings. The van der Waals surface area contributed by atoms with Crippen molar-refractivity contribution in [2.24, 2.45) is 5.10 Å². The fourth-order valence-corrected chi connectivity index (χ4v) is 4.32. The Balaban J connectivity index is 1.48. The summed E-state index contributed by atoms with van der Waals surface area (Å²) in [6, 6.07) is 10.3. The van der Waals surface area contributed by atoms with Crippen molar-refractivity contribution in [1.82, 2.24) is 9.73 Å². The van der Waals surface area contributed by atoms with Gasteiger partial charge < -0.3 is 9.32 Å². The van der Waals surface area contributed by atoms with Gasteiger partial charge in [-0.2, -0.15) is 9.41 Å². The molecule has 1 aromatic carbocycles. The van der Waals surface area contributed by atoms with E-state index < -0.39 is 10.0 Å². The van der Waals surface area contributed by atoms with Crippen LogP contribution in [0.15, 0.2) is 57.1 Å². The normalized spacial score (nSPS) is 16.6. The van der Waals surface area contributed by atoms with Crippen molar-refractivity contribution in [3.8, 4) is 0 Å². The number of hydrogen-bond acceptors (Lipinski definition) is 5. The van der Waals surface area contributed by atoms with Crippen LogP contribution in [0.3, 0.4) is 0 Å². The molecule has 1 aromatic heterocycles. The molecule has 0 radical (unpaired) electrons. The van der Waals surface area contributed by atoms with E-state index in [4.69, 9.17) is 4.42 Å². The summed E-state index contributed by atoms with van der Waals surface area (Å²) in [6.07, 6.45) is 2.96. The van der Waals surface area contributed by atoms with Crippen LogP contribution in [0.2, 0.25) is 0 Å². The third-order valence-electron chi connectivity index (χ3n) is 4.42. The number of quaternary nitrogens is 1. The highest BCUT2D eigenvalue weighted by Gasteiger charge is 2.30. The summed E-state index contributed by atoms with van der Waals surface area (Å²) < 4.78 is 31.9. The smallest absolute Gasteiger partial charge is 0.295 e. The molecule has 27 heavy (non-hydrogen) atoms. The van der Waals surface area contributed by atoms with Crippen molar-refractivity contribution in [2.75, 3.05) is 32.7 Å². The Hall–Kier alpha value is -2.49. The molecule has 144 valence electrons. The van der Waals surface area contributed by atoms with Gasteiger partial charge in [-0.05, 0) is 31.2 Å². The summed E-state index contributed by atoms with van der Waals surface area (Å²) in [7, 11) is -3.48. The summed E-state index contributed by atoms with van der Waals surface area (Å²) in [5.74, 6) is 0.334. The molecule has 1 fully saturated rings. The summed E-state index contributed by atoms with van der Waals surface area (Å²) >= 11 is 0. The fourth-order valence-electron chi connectivity index (χ4n) is 2.88. The minimum absolute atomic E-state index is 0.220. The largest absolute Gasteiger partial charge is 0.463 e. The molecule has 0 aliphatic carbocycles. The summed E-state index contributed by atoms with van der Waals surface area (Å²) in [4.78, 5) is 13.3. The number of piperazine rings is 1. The summed E-state index contributed by atoms with van der Waals surface area (Å²) in [5.41, 5.74) is 3.48. The number of nitrogens with zero attached hydrogens (tertiary/aromatic N) is 2. The maximum atomic E-state index is 12.7. The van der Waals surface area contributed by atoms with Gasteiger partial charge >= 0.3 is 0 Å². The van der Waals surface area contributed by atoms with E-state index in [0.717, 1.165) is 10.5 Å². The molecule has 2 N–H and O–H groups in total. The molecule has 1 amide bonds. The first-order valence-electron chi connectivity index (χ1n) is 8.71. The molecule has 1 saturated heterocycles. The Labute approximate surface area is 158 Å². The molecule has 0 spiro atoms. The van der Waals surface area contributed by atoms with Crippen molar-refractivity contribution < 1.29 is 22.5 Å². The molecule has 0 saturated carbocycles. The average molecular weight is 391 g/mol. The lowest BCUT2D eigenvalue weighted by molar-refractivity contribution is -0.895. The van der Waals surface area contributed by atoms with E-state index in [9.17, 15) is 13.2 Å². The minimum Gasteiger partial charge on any atom is -0.463 e. The van der Waals surface area contributed by atoms with Crippen molar-refractivity contribution in [1.29, 1.82) is 0 Å². The SMILES string of the molecule is Cc1ccc(S(=O)(=O)N2CC[NH+](CC(=O)N/N=C\c3ccco3)CC2)cc1. The number of sulfonamides is 1. The first kappa shape index (κ1) is 19.3. The Kier molecular flexibility index (Phi) is 6.04. The number of carbonyl (C=O) groups is 1. The number of carbonyl (C=O) groups excluding carboxylic acids is 1. The molecule has 0 bridgehead atoms. The van der Waals surface area contributed by atoms with E-state index in [1.807, 2.05) is 6.92 Å². The molecule has 3 rings (SSSR count). The van der Waals surface area contributed by atoms with Gasteiger partial charge in [0, 0.05) is 0 Å². The topological polar surface area (TPSA) is 96.4 Å². The third-order valence-corrected chi connectivity index (χ3v) is 6.34. The Morgan fingerprint density at radius 1 is 1.26 bits per heavy atom. The van der Waals surface area contributed by atoms with Gasteiger partial charge in [-0.25, -0.2) is 13.8 Å². The Morgan fingerprint density at radius 2 is 1.96 bits per heavy atom. The van der Waals surface area contributed by atoms with Crippen LogP contribution in [0.25, 0.3) is 0 Å². The molecule has 8 nitrogen and oxygen atoms in total. The van der Waals surface area contributed by atoms with E-state index in [1.165, 1.54) is 16.8 Å². The van der Waals surface area contributed by atoms with Crippen molar-refractivity contribution in [3.05, 3.63) is 54.0 Å². The second kappa shape index (κ2) is 8.47. The standard InChI is InChI=1S/C18H22N4O4S/c1-15-4-6-17(7-5-15)27(24,25)22-10-8-21(9-11-22)14-18(23)20-19-13-16-3-2-12-26-16/h2-7,12-13H,8-11,14H2,1H3,(H,20,23)/p+1/b19-13-. The molecule has 1 aliphatic rings. The predicted molar refractivity (Wildman–Crippen MR) is 99.9 cm³/mol. The van der Waals surface area contributed by atoms with Gasteiger partial charge in [0.1, 0.15) is 5.76 Å². The maximum Gasteiger partial charge on any atom is 0.295 e. The lowest BCUT2D eigenvalue weighted by Crippen LogP contribution is -3.15. The van der Waals surface area contributed by atoms with E-state index in [2.05, 4.69) is 10.5 Å². The Morgan fingerprint density at radius 3 is 2.59 bits per heavy atom. The molecule has 0 atom stereocenters. The zero-order chi connectivity index (χ0) is 19.3. The number of furan rings is 1. The third kappa shape index (κ3) is 5.03. The lowest BCUT2D eigenvalue weighted by Gasteiger charge is -2.31. The van der Waals surface area contributed by atoms with E-state index in [-0.39, 0.29) is 12.5 Å². The predicted octanol–water partition coefficient (Wildman–Crippen LogP) is -0.372. The number of amides is 1. The zero-order valence-corrected chi connectivity index (χ0v) is 15.9. The molecule has 1 aliphatic heterocycles. The van der Waals surface area contributed by atoms with Gasteiger partial charge in [0.25, 0.3) is 5.91 Å². The lowest BCUT2D eigenvalue weighted by atomic mass is 10.2. The van der Waals surface area contributed by atoms with Gasteiger partial charge in [-0.3, -0.25) is 4.79 Å². The number of rotatable bonds is 6. The van der Waals surface area contributed by atoms with Crippen LogP contribution in [0, 0.1) is 6.92 Å². The van der Waals surface area contributed by atoms with Crippen LogP contribution in [-0.2, 0) is 14.8 Å². The molecular weight excluding hydrogens is 368 g/mol. The van der Waals surface area contributed by atoms with Crippen LogP contribution in [0.1, 0.15) is 11.3 Å². The van der Waals surface area contributed by atoms with Gasteiger partial charge in [-0.15, -0.1) is 0 Å². The van der Waals surface area contributed by atoms with Crippen LogP contribution < -0.4 is 10.3 Å². The highest BCUT2D eigenvalue weighted by molar-refractivity contribution is 7.89. The van der Waals surface area contributed by atoms with Gasteiger partial charge in [-0.1, -0.05) is 17.7 Å². The second-order valence-electron chi connectivity index (χ2n) is 6.45. The zero-order valence-electron chi connectivity index (χ0n) is 15.1. The first-order chi connectivity index (χ1) is 12.9. The van der Waals surface area contributed by atoms with E-state index >= 15 is 0 Å². The quantitative estimate of drug-likeness (QED) is 0.519. The number of nitrogens with one attached hydrogen (secondary N) is 2. The number of benzene rings is 1. The van der Waals surface area contributed by atoms with Crippen molar-refractivity contribution in [2.45, 2.75) is 11.8 Å². The van der Waals surface area contributed by atoms with Gasteiger partial charge in [0.2, 0.25) is 10.0 Å². The number of aryl methyl sites for hydroxylation is 1. The second-order valence-corrected chi connectivity index (χ2v) is 8.39. The molecular formula is C18H23N4O4S+. The Bertz CT molecular complexity index is 884. The minimum atomic E-state index is -3.48. The number of hydrazone groups is 1. The van der Waals surface area contributed by atoms with Crippen LogP contribution in [0.5, 0.6) is 0 Å². The maximum absolute atomic E-state index is 12.7.